The van der Waals surface area contributed by atoms with Crippen LogP contribution in [0.3, 0.4) is 0 Å². The molecule has 4 fully saturated rings. The Morgan fingerprint density at radius 3 is 1.54 bits per heavy atom. The van der Waals surface area contributed by atoms with Gasteiger partial charge in [-0.3, -0.25) is 9.59 Å². The third-order valence-corrected chi connectivity index (χ3v) is 7.23. The molecule has 2 heteroatoms. The highest BCUT2D eigenvalue weighted by Crippen LogP contribution is 2.67. The van der Waals surface area contributed by atoms with Crippen molar-refractivity contribution in [2.45, 2.75) is 104 Å². The van der Waals surface area contributed by atoms with E-state index in [1.807, 2.05) is 0 Å². The fourth-order valence-corrected chi connectivity index (χ4v) is 6.85. The molecule has 0 unspecified atom stereocenters. The highest BCUT2D eigenvalue weighted by atomic mass is 16.1. The quantitative estimate of drug-likeness (QED) is 0.501. The lowest BCUT2D eigenvalue weighted by Crippen LogP contribution is -2.52. The topological polar surface area (TPSA) is 34.1 Å². The Labute approximate surface area is 148 Å². The second-order valence-corrected chi connectivity index (χ2v) is 9.54. The van der Waals surface area contributed by atoms with Crippen molar-refractivity contribution in [1.82, 2.24) is 0 Å². The molecule has 0 spiro atoms. The lowest BCUT2D eigenvalue weighted by Gasteiger charge is -2.62. The molecule has 4 rings (SSSR count). The van der Waals surface area contributed by atoms with Crippen molar-refractivity contribution in [3.05, 3.63) is 0 Å². The Morgan fingerprint density at radius 2 is 1.17 bits per heavy atom. The summed E-state index contributed by atoms with van der Waals surface area (Å²) in [5, 5.41) is 0. The zero-order chi connectivity index (χ0) is 17.2. The van der Waals surface area contributed by atoms with Crippen molar-refractivity contribution in [1.29, 1.82) is 0 Å². The summed E-state index contributed by atoms with van der Waals surface area (Å²) in [5.74, 6) is 2.71. The molecule has 0 N–H and O–H groups in total. The number of carbonyl (C=O) groups is 2. The minimum Gasteiger partial charge on any atom is -0.300 e. The summed E-state index contributed by atoms with van der Waals surface area (Å²) in [6.45, 7) is 4.20. The van der Waals surface area contributed by atoms with Crippen molar-refractivity contribution < 1.29 is 9.59 Å². The molecule has 0 aromatic heterocycles. The first-order valence-electron chi connectivity index (χ1n) is 10.5. The van der Waals surface area contributed by atoms with Gasteiger partial charge in [-0.2, -0.15) is 0 Å². The van der Waals surface area contributed by atoms with Crippen molar-refractivity contribution >= 4 is 11.6 Å². The fourth-order valence-electron chi connectivity index (χ4n) is 6.85. The average molecular weight is 333 g/mol. The molecule has 0 aromatic rings. The van der Waals surface area contributed by atoms with Crippen molar-refractivity contribution in [2.24, 2.45) is 22.7 Å². The second-order valence-electron chi connectivity index (χ2n) is 9.54. The standard InChI is InChI=1S/C22H36O2/c1-3-5-19(23)7-9-21-12-17-11-18(13-21)15-22(14-17,16-21)10-8-20(24)6-4-2/h17-18H,3-16H2,1-2H3. The van der Waals surface area contributed by atoms with Crippen LogP contribution in [0, 0.1) is 22.7 Å². The van der Waals surface area contributed by atoms with E-state index in [0.29, 0.717) is 22.4 Å². The zero-order valence-electron chi connectivity index (χ0n) is 15.9. The molecule has 4 saturated carbocycles. The molecule has 0 aromatic carbocycles. The van der Waals surface area contributed by atoms with Gasteiger partial charge in [0, 0.05) is 25.7 Å². The van der Waals surface area contributed by atoms with E-state index in [4.69, 9.17) is 0 Å². The summed E-state index contributed by atoms with van der Waals surface area (Å²) < 4.78 is 0. The molecule has 2 nitrogen and oxygen atoms in total. The number of hydrogen-bond donors (Lipinski definition) is 0. The minimum atomic E-state index is 0.446. The maximum Gasteiger partial charge on any atom is 0.132 e. The predicted molar refractivity (Wildman–Crippen MR) is 97.8 cm³/mol. The molecule has 4 aliphatic carbocycles. The van der Waals surface area contributed by atoms with E-state index in [1.165, 1.54) is 38.5 Å². The Balaban J connectivity index is 1.63. The van der Waals surface area contributed by atoms with E-state index in [9.17, 15) is 9.59 Å². The first-order valence-corrected chi connectivity index (χ1v) is 10.5. The van der Waals surface area contributed by atoms with Crippen LogP contribution >= 0.6 is 0 Å². The maximum atomic E-state index is 12.1. The summed E-state index contributed by atoms with van der Waals surface area (Å²) in [4.78, 5) is 24.1. The van der Waals surface area contributed by atoms with Gasteiger partial charge in [-0.05, 0) is 86.9 Å². The van der Waals surface area contributed by atoms with E-state index in [2.05, 4.69) is 13.8 Å². The first-order chi connectivity index (χ1) is 11.5. The van der Waals surface area contributed by atoms with Gasteiger partial charge in [0.25, 0.3) is 0 Å². The Bertz CT molecular complexity index is 424. The summed E-state index contributed by atoms with van der Waals surface area (Å²) in [7, 11) is 0. The molecule has 0 heterocycles. The molecule has 0 radical (unpaired) electrons. The van der Waals surface area contributed by atoms with E-state index in [-0.39, 0.29) is 0 Å². The third-order valence-electron chi connectivity index (χ3n) is 7.23. The molecule has 4 aliphatic rings. The smallest absolute Gasteiger partial charge is 0.132 e. The zero-order valence-corrected chi connectivity index (χ0v) is 15.9. The van der Waals surface area contributed by atoms with Crippen LogP contribution in [0.5, 0.6) is 0 Å². The Kier molecular flexibility index (Phi) is 5.52. The summed E-state index contributed by atoms with van der Waals surface area (Å²) >= 11 is 0. The lowest BCUT2D eigenvalue weighted by molar-refractivity contribution is -0.132. The highest BCUT2D eigenvalue weighted by Gasteiger charge is 2.56. The van der Waals surface area contributed by atoms with E-state index in [1.54, 1.807) is 0 Å². The summed E-state index contributed by atoms with van der Waals surface area (Å²) in [5.41, 5.74) is 0.891. The number of rotatable bonds is 10. The van der Waals surface area contributed by atoms with Gasteiger partial charge in [0.05, 0.1) is 0 Å². The van der Waals surface area contributed by atoms with Gasteiger partial charge in [-0.25, -0.2) is 0 Å². The van der Waals surface area contributed by atoms with Crippen molar-refractivity contribution in [2.75, 3.05) is 0 Å². The average Bonchev–Trinajstić information content (AvgIpc) is 2.51. The Hall–Kier alpha value is -0.660. The summed E-state index contributed by atoms with van der Waals surface area (Å²) in [6.07, 6.45) is 15.6. The normalized spacial score (nSPS) is 36.9. The van der Waals surface area contributed by atoms with Crippen LogP contribution < -0.4 is 0 Å². The van der Waals surface area contributed by atoms with Gasteiger partial charge in [0.1, 0.15) is 11.6 Å². The molecule has 136 valence electrons. The van der Waals surface area contributed by atoms with Crippen LogP contribution in [0.15, 0.2) is 0 Å². The van der Waals surface area contributed by atoms with Crippen molar-refractivity contribution in [3.8, 4) is 0 Å². The monoisotopic (exact) mass is 332 g/mol. The second kappa shape index (κ2) is 7.30. The van der Waals surface area contributed by atoms with Gasteiger partial charge in [0.2, 0.25) is 0 Å². The number of carbonyl (C=O) groups excluding carboxylic acids is 2. The third kappa shape index (κ3) is 3.94. The molecule has 0 aliphatic heterocycles. The molecule has 24 heavy (non-hydrogen) atoms. The molecule has 4 bridgehead atoms. The molecular weight excluding hydrogens is 296 g/mol. The summed E-state index contributed by atoms with van der Waals surface area (Å²) in [6, 6.07) is 0. The van der Waals surface area contributed by atoms with Crippen LogP contribution in [0.1, 0.15) is 104 Å². The van der Waals surface area contributed by atoms with Crippen LogP contribution in [0.2, 0.25) is 0 Å². The minimum absolute atomic E-state index is 0.446. The molecule has 0 saturated heterocycles. The van der Waals surface area contributed by atoms with E-state index >= 15 is 0 Å². The number of Topliss-reactive ketones (excluding diaryl/α,β-unsaturated/α-hetero) is 2. The van der Waals surface area contributed by atoms with Crippen molar-refractivity contribution in [3.63, 3.8) is 0 Å². The van der Waals surface area contributed by atoms with Crippen LogP contribution in [0.25, 0.3) is 0 Å². The van der Waals surface area contributed by atoms with E-state index < -0.39 is 0 Å². The van der Waals surface area contributed by atoms with Gasteiger partial charge < -0.3 is 0 Å². The number of ketones is 2. The molecular formula is C22H36O2. The van der Waals surface area contributed by atoms with Gasteiger partial charge in [-0.15, -0.1) is 0 Å². The van der Waals surface area contributed by atoms with E-state index in [0.717, 1.165) is 63.2 Å². The lowest BCUT2D eigenvalue weighted by atomic mass is 9.42. The van der Waals surface area contributed by atoms with Gasteiger partial charge >= 0.3 is 0 Å². The van der Waals surface area contributed by atoms with Gasteiger partial charge in [0.15, 0.2) is 0 Å². The van der Waals surface area contributed by atoms with Crippen LogP contribution in [-0.4, -0.2) is 11.6 Å². The van der Waals surface area contributed by atoms with Crippen LogP contribution in [0.4, 0.5) is 0 Å². The van der Waals surface area contributed by atoms with Crippen LogP contribution in [-0.2, 0) is 9.59 Å². The highest BCUT2D eigenvalue weighted by molar-refractivity contribution is 5.78. The fraction of sp³-hybridized carbons (Fsp3) is 0.909. The number of hydrogen-bond acceptors (Lipinski definition) is 2. The SMILES string of the molecule is CCCC(=O)CCC12CC3CC(C1)CC(CCC(=O)CCC)(C3)C2. The molecule has 0 atom stereocenters. The maximum absolute atomic E-state index is 12.1. The predicted octanol–water partition coefficient (Wildman–Crippen LogP) is 5.87. The first kappa shape index (κ1) is 18.1. The largest absolute Gasteiger partial charge is 0.300 e. The molecule has 0 amide bonds. The Morgan fingerprint density at radius 1 is 0.750 bits per heavy atom. The van der Waals surface area contributed by atoms with Gasteiger partial charge in [-0.1, -0.05) is 13.8 Å².